The average Bonchev–Trinajstić information content (AvgIpc) is 2.72. The SMILES string of the molecule is CCC1CCC(C)N1C1(CN)CCCOC1. The van der Waals surface area contributed by atoms with E-state index < -0.39 is 0 Å². The first kappa shape index (κ1) is 12.3. The Bertz CT molecular complexity index is 226. The molecule has 0 amide bonds. The van der Waals surface area contributed by atoms with Crippen molar-refractivity contribution in [2.75, 3.05) is 19.8 Å². The Morgan fingerprint density at radius 1 is 1.44 bits per heavy atom. The van der Waals surface area contributed by atoms with Crippen LogP contribution in [0.5, 0.6) is 0 Å². The van der Waals surface area contributed by atoms with Crippen LogP contribution in [0.1, 0.15) is 46.0 Å². The summed E-state index contributed by atoms with van der Waals surface area (Å²) < 4.78 is 5.71. The highest BCUT2D eigenvalue weighted by Crippen LogP contribution is 2.37. The van der Waals surface area contributed by atoms with Crippen LogP contribution in [0.4, 0.5) is 0 Å². The topological polar surface area (TPSA) is 38.5 Å². The summed E-state index contributed by atoms with van der Waals surface area (Å²) in [6, 6.07) is 1.40. The molecule has 94 valence electrons. The number of ether oxygens (including phenoxy) is 1. The third-order valence-corrected chi connectivity index (χ3v) is 4.49. The second-order valence-electron chi connectivity index (χ2n) is 5.48. The van der Waals surface area contributed by atoms with Gasteiger partial charge in [0, 0.05) is 25.2 Å². The molecule has 0 bridgehead atoms. The Balaban J connectivity index is 2.17. The van der Waals surface area contributed by atoms with Gasteiger partial charge in [-0.15, -0.1) is 0 Å². The Morgan fingerprint density at radius 3 is 2.81 bits per heavy atom. The molecule has 2 N–H and O–H groups in total. The van der Waals surface area contributed by atoms with E-state index in [0.29, 0.717) is 6.04 Å². The predicted molar refractivity (Wildman–Crippen MR) is 66.5 cm³/mol. The van der Waals surface area contributed by atoms with Crippen LogP contribution in [0, 0.1) is 0 Å². The first-order chi connectivity index (χ1) is 7.73. The van der Waals surface area contributed by atoms with E-state index in [2.05, 4.69) is 18.7 Å². The molecule has 2 heterocycles. The van der Waals surface area contributed by atoms with E-state index in [-0.39, 0.29) is 5.54 Å². The number of nitrogens with zero attached hydrogens (tertiary/aromatic N) is 1. The van der Waals surface area contributed by atoms with Gasteiger partial charge in [-0.05, 0) is 39.0 Å². The van der Waals surface area contributed by atoms with Crippen molar-refractivity contribution in [3.63, 3.8) is 0 Å². The van der Waals surface area contributed by atoms with E-state index in [1.165, 1.54) is 25.7 Å². The van der Waals surface area contributed by atoms with Gasteiger partial charge >= 0.3 is 0 Å². The summed E-state index contributed by atoms with van der Waals surface area (Å²) >= 11 is 0. The largest absolute Gasteiger partial charge is 0.379 e. The van der Waals surface area contributed by atoms with E-state index in [4.69, 9.17) is 10.5 Å². The van der Waals surface area contributed by atoms with Crippen LogP contribution in [0.2, 0.25) is 0 Å². The molecular formula is C13H26N2O. The number of rotatable bonds is 3. The van der Waals surface area contributed by atoms with Gasteiger partial charge in [0.15, 0.2) is 0 Å². The lowest BCUT2D eigenvalue weighted by Gasteiger charge is -2.48. The minimum Gasteiger partial charge on any atom is -0.379 e. The molecule has 0 aromatic rings. The Hall–Kier alpha value is -0.120. The molecule has 0 saturated carbocycles. The van der Waals surface area contributed by atoms with Crippen LogP contribution in [0.25, 0.3) is 0 Å². The van der Waals surface area contributed by atoms with E-state index in [1.54, 1.807) is 0 Å². The minimum atomic E-state index is 0.134. The van der Waals surface area contributed by atoms with Crippen molar-refractivity contribution in [1.82, 2.24) is 4.90 Å². The molecule has 3 nitrogen and oxygen atoms in total. The molecule has 16 heavy (non-hydrogen) atoms. The highest BCUT2D eigenvalue weighted by molar-refractivity contribution is 5.01. The number of nitrogens with two attached hydrogens (primary N) is 1. The summed E-state index contributed by atoms with van der Waals surface area (Å²) in [7, 11) is 0. The van der Waals surface area contributed by atoms with Gasteiger partial charge in [-0.25, -0.2) is 0 Å². The lowest BCUT2D eigenvalue weighted by Crippen LogP contribution is -2.62. The van der Waals surface area contributed by atoms with Gasteiger partial charge in [-0.1, -0.05) is 6.92 Å². The molecule has 2 aliphatic rings. The molecule has 0 aromatic carbocycles. The summed E-state index contributed by atoms with van der Waals surface area (Å²) in [4.78, 5) is 2.69. The molecule has 0 radical (unpaired) electrons. The highest BCUT2D eigenvalue weighted by atomic mass is 16.5. The number of likely N-dealkylation sites (tertiary alicyclic amines) is 1. The molecular weight excluding hydrogens is 200 g/mol. The van der Waals surface area contributed by atoms with Gasteiger partial charge in [0.1, 0.15) is 0 Å². The lowest BCUT2D eigenvalue weighted by atomic mass is 9.88. The highest BCUT2D eigenvalue weighted by Gasteiger charge is 2.45. The van der Waals surface area contributed by atoms with Gasteiger partial charge in [0.05, 0.1) is 12.1 Å². The molecule has 0 aliphatic carbocycles. The van der Waals surface area contributed by atoms with Crippen LogP contribution in [0.3, 0.4) is 0 Å². The molecule has 3 heteroatoms. The van der Waals surface area contributed by atoms with E-state index in [0.717, 1.165) is 32.2 Å². The number of hydrogen-bond acceptors (Lipinski definition) is 3. The normalized spacial score (nSPS) is 41.4. The second kappa shape index (κ2) is 5.03. The summed E-state index contributed by atoms with van der Waals surface area (Å²) in [5, 5.41) is 0. The molecule has 3 unspecified atom stereocenters. The van der Waals surface area contributed by atoms with Crippen LogP contribution < -0.4 is 5.73 Å². The lowest BCUT2D eigenvalue weighted by molar-refractivity contribution is -0.0647. The molecule has 0 spiro atoms. The van der Waals surface area contributed by atoms with Crippen molar-refractivity contribution in [3.8, 4) is 0 Å². The maximum atomic E-state index is 6.08. The Labute approximate surface area is 99.3 Å². The van der Waals surface area contributed by atoms with Crippen molar-refractivity contribution in [2.45, 2.75) is 63.6 Å². The zero-order valence-electron chi connectivity index (χ0n) is 10.7. The minimum absolute atomic E-state index is 0.134. The molecule has 3 atom stereocenters. The Kier molecular flexibility index (Phi) is 3.88. The van der Waals surface area contributed by atoms with Crippen LogP contribution in [-0.4, -0.2) is 42.3 Å². The zero-order valence-corrected chi connectivity index (χ0v) is 10.7. The maximum absolute atomic E-state index is 6.08. The van der Waals surface area contributed by atoms with Gasteiger partial charge in [0.25, 0.3) is 0 Å². The van der Waals surface area contributed by atoms with Crippen LogP contribution in [-0.2, 0) is 4.74 Å². The fourth-order valence-electron chi connectivity index (χ4n) is 3.63. The van der Waals surface area contributed by atoms with Crippen molar-refractivity contribution in [2.24, 2.45) is 5.73 Å². The van der Waals surface area contributed by atoms with Gasteiger partial charge in [-0.2, -0.15) is 0 Å². The standard InChI is InChI=1S/C13H26N2O/c1-3-12-6-5-11(2)15(12)13(9-14)7-4-8-16-10-13/h11-12H,3-10,14H2,1-2H3. The van der Waals surface area contributed by atoms with Crippen molar-refractivity contribution >= 4 is 0 Å². The Morgan fingerprint density at radius 2 is 2.25 bits per heavy atom. The average molecular weight is 226 g/mol. The first-order valence-electron chi connectivity index (χ1n) is 6.80. The van der Waals surface area contributed by atoms with Crippen LogP contribution >= 0.6 is 0 Å². The molecule has 2 fully saturated rings. The fraction of sp³-hybridized carbons (Fsp3) is 1.00. The van der Waals surface area contributed by atoms with Crippen molar-refractivity contribution in [1.29, 1.82) is 0 Å². The molecule has 2 saturated heterocycles. The summed E-state index contributed by atoms with van der Waals surface area (Å²) in [5.41, 5.74) is 6.21. The third-order valence-electron chi connectivity index (χ3n) is 4.49. The fourth-order valence-corrected chi connectivity index (χ4v) is 3.63. The summed E-state index contributed by atoms with van der Waals surface area (Å²) in [6.07, 6.45) is 6.27. The molecule has 2 rings (SSSR count). The monoisotopic (exact) mass is 226 g/mol. The van der Waals surface area contributed by atoms with E-state index >= 15 is 0 Å². The van der Waals surface area contributed by atoms with Crippen molar-refractivity contribution in [3.05, 3.63) is 0 Å². The zero-order chi connectivity index (χ0) is 11.6. The maximum Gasteiger partial charge on any atom is 0.0663 e. The molecule has 2 aliphatic heterocycles. The van der Waals surface area contributed by atoms with E-state index in [1.807, 2.05) is 0 Å². The summed E-state index contributed by atoms with van der Waals surface area (Å²) in [5.74, 6) is 0. The number of hydrogen-bond donors (Lipinski definition) is 1. The van der Waals surface area contributed by atoms with Gasteiger partial charge in [0.2, 0.25) is 0 Å². The predicted octanol–water partition coefficient (Wildman–Crippen LogP) is 1.76. The van der Waals surface area contributed by atoms with Gasteiger partial charge in [-0.3, -0.25) is 4.90 Å². The smallest absolute Gasteiger partial charge is 0.0663 e. The third kappa shape index (κ3) is 2.01. The summed E-state index contributed by atoms with van der Waals surface area (Å²) in [6.45, 7) is 7.14. The first-order valence-corrected chi connectivity index (χ1v) is 6.80. The second-order valence-corrected chi connectivity index (χ2v) is 5.48. The quantitative estimate of drug-likeness (QED) is 0.797. The van der Waals surface area contributed by atoms with Crippen molar-refractivity contribution < 1.29 is 4.74 Å². The van der Waals surface area contributed by atoms with Gasteiger partial charge < -0.3 is 10.5 Å². The van der Waals surface area contributed by atoms with Crippen LogP contribution in [0.15, 0.2) is 0 Å². The molecule has 0 aromatic heterocycles. The van der Waals surface area contributed by atoms with E-state index in [9.17, 15) is 0 Å².